The molecular weight excluding hydrogens is 1060 g/mol. The van der Waals surface area contributed by atoms with Gasteiger partial charge in [-0.15, -0.1) is 0 Å². The predicted octanol–water partition coefficient (Wildman–Crippen LogP) is 21.6. The molecule has 0 amide bonds. The zero-order chi connectivity index (χ0) is 61.2. The highest BCUT2D eigenvalue weighted by Crippen LogP contribution is 2.43. The van der Waals surface area contributed by atoms with Crippen LogP contribution in [0.2, 0.25) is 0 Å². The Bertz CT molecular complexity index is 1970. The topological polar surface area (TPSA) is 108 Å². The number of rotatable bonds is 59. The number of hydrogen-bond acceptors (Lipinski definition) is 7. The molecule has 0 aromatic rings. The highest BCUT2D eigenvalue weighted by atomic mass is 31.2. The summed E-state index contributed by atoms with van der Waals surface area (Å²) < 4.78 is 34.6. The minimum Gasteiger partial charge on any atom is -0.462 e. The van der Waals surface area contributed by atoms with Gasteiger partial charge in [0.2, 0.25) is 0 Å². The van der Waals surface area contributed by atoms with Gasteiger partial charge in [0.25, 0.3) is 0 Å². The van der Waals surface area contributed by atoms with Crippen LogP contribution in [0.1, 0.15) is 245 Å². The zero-order valence-corrected chi connectivity index (χ0v) is 55.0. The van der Waals surface area contributed by atoms with Crippen LogP contribution in [0.4, 0.5) is 0 Å². The Morgan fingerprint density at radius 3 is 0.952 bits per heavy atom. The Hall–Kier alpha value is -4.37. The largest absolute Gasteiger partial charge is 0.472 e. The number of ether oxygens (including phenoxy) is 2. The molecular formula is C74H123NO8P+. The van der Waals surface area contributed by atoms with Crippen LogP contribution in [0.15, 0.2) is 158 Å². The van der Waals surface area contributed by atoms with Gasteiger partial charge in [-0.2, -0.15) is 0 Å². The Balaban J connectivity index is 4.12. The molecule has 0 aliphatic carbocycles. The molecule has 0 spiro atoms. The summed E-state index contributed by atoms with van der Waals surface area (Å²) in [6.07, 6.45) is 94.8. The van der Waals surface area contributed by atoms with Crippen LogP contribution in [0.3, 0.4) is 0 Å². The maximum absolute atomic E-state index is 12.9. The predicted molar refractivity (Wildman–Crippen MR) is 362 cm³/mol. The summed E-state index contributed by atoms with van der Waals surface area (Å²) in [7, 11) is 1.44. The Morgan fingerprint density at radius 1 is 0.369 bits per heavy atom. The van der Waals surface area contributed by atoms with E-state index in [2.05, 4.69) is 172 Å². The molecule has 0 saturated carbocycles. The van der Waals surface area contributed by atoms with E-state index in [9.17, 15) is 19.0 Å². The molecule has 0 fully saturated rings. The van der Waals surface area contributed by atoms with Crippen LogP contribution >= 0.6 is 7.82 Å². The van der Waals surface area contributed by atoms with E-state index in [1.54, 1.807) is 0 Å². The first-order valence-electron chi connectivity index (χ1n) is 33.2. The van der Waals surface area contributed by atoms with Gasteiger partial charge in [0.1, 0.15) is 19.8 Å². The number of carbonyl (C=O) groups excluding carboxylic acids is 2. The number of phosphoric ester groups is 1. The summed E-state index contributed by atoms with van der Waals surface area (Å²) in [6, 6.07) is 0. The number of nitrogens with zero attached hydrogens (tertiary/aromatic N) is 1. The van der Waals surface area contributed by atoms with Crippen LogP contribution < -0.4 is 0 Å². The first kappa shape index (κ1) is 79.6. The van der Waals surface area contributed by atoms with Gasteiger partial charge in [0.15, 0.2) is 6.10 Å². The number of hydrogen-bond donors (Lipinski definition) is 1. The van der Waals surface area contributed by atoms with Gasteiger partial charge in [0.05, 0.1) is 27.7 Å². The average Bonchev–Trinajstić information content (AvgIpc) is 3.61. The van der Waals surface area contributed by atoms with Gasteiger partial charge in [-0.1, -0.05) is 268 Å². The van der Waals surface area contributed by atoms with E-state index < -0.39 is 32.5 Å². The van der Waals surface area contributed by atoms with E-state index in [1.807, 2.05) is 21.1 Å². The fraction of sp³-hybridized carbons (Fsp3) is 0.622. The Labute approximate surface area is 516 Å². The molecule has 0 saturated heterocycles. The maximum atomic E-state index is 12.9. The van der Waals surface area contributed by atoms with Crippen molar-refractivity contribution in [3.63, 3.8) is 0 Å². The smallest absolute Gasteiger partial charge is 0.462 e. The van der Waals surface area contributed by atoms with Crippen molar-refractivity contribution in [2.75, 3.05) is 47.5 Å². The van der Waals surface area contributed by atoms with E-state index in [0.717, 1.165) is 128 Å². The van der Waals surface area contributed by atoms with Gasteiger partial charge < -0.3 is 18.9 Å². The minimum absolute atomic E-state index is 0.0196. The van der Waals surface area contributed by atoms with Crippen molar-refractivity contribution in [3.05, 3.63) is 158 Å². The summed E-state index contributed by atoms with van der Waals surface area (Å²) in [5, 5.41) is 0. The van der Waals surface area contributed by atoms with Crippen molar-refractivity contribution in [1.82, 2.24) is 0 Å². The number of likely N-dealkylation sites (N-methyl/N-ethyl adjacent to an activating group) is 1. The summed E-state index contributed by atoms with van der Waals surface area (Å²) in [6.45, 7) is 4.17. The fourth-order valence-electron chi connectivity index (χ4n) is 8.53. The van der Waals surface area contributed by atoms with E-state index in [1.165, 1.54) is 77.0 Å². The standard InChI is InChI=1S/C74H122NO8P/c1-6-8-10-12-14-16-18-20-22-24-26-28-30-31-32-33-34-35-36-37-38-39-40-41-42-43-45-47-49-51-53-55-57-59-61-63-65-67-74(77)83-72(71-82-84(78,79)81-69-68-75(3,4)5)70-80-73(76)66-64-62-60-58-56-54-52-50-48-46-44-29-27-25-23-21-19-17-15-13-11-9-7-2/h8-11,14-17,20-23,26-29,31-32,34-35,37-38,46,48,52,54,72H,6-7,12-13,18-19,24-25,30,33,36,39-45,47,49-51,53,55-71H2,1-5H3/p+1/b10-8-,11-9-,16-14-,17-15-,22-20-,23-21-,28-26-,29-27-,32-31-,35-34-,38-37-,48-46-,54-52-. The number of esters is 2. The third kappa shape index (κ3) is 66.8. The highest BCUT2D eigenvalue weighted by molar-refractivity contribution is 7.47. The van der Waals surface area contributed by atoms with Gasteiger partial charge in [-0.25, -0.2) is 4.57 Å². The van der Waals surface area contributed by atoms with E-state index >= 15 is 0 Å². The lowest BCUT2D eigenvalue weighted by molar-refractivity contribution is -0.870. The number of phosphoric acid groups is 1. The normalized spacial score (nSPS) is 14.2. The molecule has 84 heavy (non-hydrogen) atoms. The molecule has 0 aliphatic rings. The molecule has 10 heteroatoms. The van der Waals surface area contributed by atoms with Crippen molar-refractivity contribution >= 4 is 19.8 Å². The van der Waals surface area contributed by atoms with Crippen molar-refractivity contribution in [2.24, 2.45) is 0 Å². The maximum Gasteiger partial charge on any atom is 0.472 e. The van der Waals surface area contributed by atoms with Crippen molar-refractivity contribution in [1.29, 1.82) is 0 Å². The molecule has 2 unspecified atom stereocenters. The van der Waals surface area contributed by atoms with E-state index in [-0.39, 0.29) is 26.1 Å². The lowest BCUT2D eigenvalue weighted by Gasteiger charge is -2.24. The second kappa shape index (κ2) is 63.1. The van der Waals surface area contributed by atoms with Gasteiger partial charge in [-0.3, -0.25) is 18.6 Å². The molecule has 0 aromatic carbocycles. The molecule has 0 radical (unpaired) electrons. The Kier molecular flexibility index (Phi) is 59.9. The third-order valence-electron chi connectivity index (χ3n) is 13.6. The number of allylic oxidation sites excluding steroid dienone is 26. The van der Waals surface area contributed by atoms with Crippen molar-refractivity contribution < 1.29 is 42.1 Å². The third-order valence-corrected chi connectivity index (χ3v) is 14.5. The minimum atomic E-state index is -4.41. The lowest BCUT2D eigenvalue weighted by atomic mass is 10.0. The van der Waals surface area contributed by atoms with Gasteiger partial charge in [-0.05, 0) is 122 Å². The first-order valence-corrected chi connectivity index (χ1v) is 34.7. The van der Waals surface area contributed by atoms with Crippen LogP contribution in [0.5, 0.6) is 0 Å². The molecule has 1 N–H and O–H groups in total. The van der Waals surface area contributed by atoms with Gasteiger partial charge >= 0.3 is 19.8 Å². The second-order valence-electron chi connectivity index (χ2n) is 22.7. The van der Waals surface area contributed by atoms with E-state index in [4.69, 9.17) is 18.5 Å². The summed E-state index contributed by atoms with van der Waals surface area (Å²) in [5.41, 5.74) is 0. The second-order valence-corrected chi connectivity index (χ2v) is 24.2. The average molecular weight is 1190 g/mol. The van der Waals surface area contributed by atoms with E-state index in [0.29, 0.717) is 23.9 Å². The first-order chi connectivity index (χ1) is 41.0. The molecule has 0 aliphatic heterocycles. The fourth-order valence-corrected chi connectivity index (χ4v) is 9.27. The van der Waals surface area contributed by atoms with Crippen molar-refractivity contribution in [3.8, 4) is 0 Å². The molecule has 2 atom stereocenters. The molecule has 0 heterocycles. The van der Waals surface area contributed by atoms with Crippen LogP contribution in [0.25, 0.3) is 0 Å². The van der Waals surface area contributed by atoms with Crippen LogP contribution in [0, 0.1) is 0 Å². The quantitative estimate of drug-likeness (QED) is 0.0211. The number of carbonyl (C=O) groups is 2. The van der Waals surface area contributed by atoms with Crippen LogP contribution in [-0.4, -0.2) is 74.9 Å². The summed E-state index contributed by atoms with van der Waals surface area (Å²) >= 11 is 0. The van der Waals surface area contributed by atoms with Crippen LogP contribution in [-0.2, 0) is 32.7 Å². The molecule has 0 rings (SSSR count). The lowest BCUT2D eigenvalue weighted by Crippen LogP contribution is -2.37. The summed E-state index contributed by atoms with van der Waals surface area (Å²) in [5.74, 6) is -0.834. The van der Waals surface area contributed by atoms with Gasteiger partial charge in [0, 0.05) is 12.8 Å². The molecule has 476 valence electrons. The Morgan fingerprint density at radius 2 is 0.643 bits per heavy atom. The van der Waals surface area contributed by atoms with Crippen molar-refractivity contribution in [2.45, 2.75) is 251 Å². The molecule has 0 aromatic heterocycles. The number of quaternary nitrogens is 1. The highest BCUT2D eigenvalue weighted by Gasteiger charge is 2.27. The SMILES string of the molecule is CC/C=C\C/C=C\C/C=C\C/C=C\C/C=C\C/C=C\C/C=C\CCCCCCCCCCCCCCCCCC(=O)OC(COC(=O)CCCCCC/C=C\C/C=C\C/C=C\C/C=C\C/C=C\C/C=C\CC)COP(=O)(O)OCC[N+](C)(C)C. The number of unbranched alkanes of at least 4 members (excludes halogenated alkanes) is 19. The monoisotopic (exact) mass is 1180 g/mol. The summed E-state index contributed by atoms with van der Waals surface area (Å²) in [4.78, 5) is 35.8. The zero-order valence-electron chi connectivity index (χ0n) is 54.1. The molecule has 0 bridgehead atoms. The molecule has 9 nitrogen and oxygen atoms in total.